The van der Waals surface area contributed by atoms with E-state index in [-0.39, 0.29) is 0 Å². The summed E-state index contributed by atoms with van der Waals surface area (Å²) in [5, 5.41) is 12.1. The lowest BCUT2D eigenvalue weighted by Crippen LogP contribution is -2.32. The second-order valence-electron chi connectivity index (χ2n) is 5.04. The molecule has 0 spiro atoms. The minimum atomic E-state index is -0.978. The molecule has 22 heavy (non-hydrogen) atoms. The predicted octanol–water partition coefficient (Wildman–Crippen LogP) is 2.77. The fourth-order valence-corrected chi connectivity index (χ4v) is 2.04. The van der Waals surface area contributed by atoms with Gasteiger partial charge in [-0.15, -0.1) is 0 Å². The molecule has 0 bridgehead atoms. The Balaban J connectivity index is 1.81. The molecule has 2 rings (SSSR count). The molecule has 0 aliphatic heterocycles. The molecule has 4 heteroatoms. The van der Waals surface area contributed by atoms with Crippen molar-refractivity contribution < 1.29 is 9.90 Å². The van der Waals surface area contributed by atoms with Gasteiger partial charge in [-0.2, -0.15) is 0 Å². The van der Waals surface area contributed by atoms with Crippen molar-refractivity contribution in [3.8, 4) is 0 Å². The number of carboxylic acid groups (broad SMARTS) is 1. The van der Waals surface area contributed by atoms with E-state index in [0.717, 1.165) is 17.8 Å². The summed E-state index contributed by atoms with van der Waals surface area (Å²) in [5.74, 6) is -0.978. The molecule has 2 aromatic carbocycles. The maximum Gasteiger partial charge on any atom is 0.320 e. The van der Waals surface area contributed by atoms with Gasteiger partial charge in [0.15, 0.2) is 0 Å². The van der Waals surface area contributed by atoms with Gasteiger partial charge in [0.25, 0.3) is 0 Å². The molecule has 0 aliphatic rings. The third-order valence-electron chi connectivity index (χ3n) is 3.26. The van der Waals surface area contributed by atoms with Crippen LogP contribution in [0.5, 0.6) is 0 Å². The van der Waals surface area contributed by atoms with Crippen LogP contribution in [0.2, 0.25) is 0 Å². The molecule has 0 aliphatic carbocycles. The van der Waals surface area contributed by atoms with Crippen LogP contribution in [-0.2, 0) is 11.2 Å². The summed E-state index contributed by atoms with van der Waals surface area (Å²) >= 11 is 0. The molecule has 0 heterocycles. The zero-order valence-corrected chi connectivity index (χ0v) is 12.3. The van der Waals surface area contributed by atoms with Crippen molar-refractivity contribution in [3.05, 3.63) is 71.8 Å². The summed E-state index contributed by atoms with van der Waals surface area (Å²) in [6.07, 6.45) is 4.46. The fourth-order valence-electron chi connectivity index (χ4n) is 2.04. The SMILES string of the molecule is N[C@@H](Cc1ccc(NCC=Cc2ccccc2)cc1)C(=O)O. The smallest absolute Gasteiger partial charge is 0.320 e. The largest absolute Gasteiger partial charge is 0.480 e. The third-order valence-corrected chi connectivity index (χ3v) is 3.26. The topological polar surface area (TPSA) is 75.3 Å². The normalized spacial score (nSPS) is 12.2. The molecule has 0 radical (unpaired) electrons. The first-order chi connectivity index (χ1) is 10.6. The first-order valence-corrected chi connectivity index (χ1v) is 7.18. The summed E-state index contributed by atoms with van der Waals surface area (Å²) < 4.78 is 0. The van der Waals surface area contributed by atoms with Crippen molar-refractivity contribution in [1.82, 2.24) is 0 Å². The maximum atomic E-state index is 10.7. The second-order valence-corrected chi connectivity index (χ2v) is 5.04. The molecule has 1 atom stereocenters. The van der Waals surface area contributed by atoms with E-state index in [1.165, 1.54) is 5.56 Å². The molecular weight excluding hydrogens is 276 g/mol. The number of rotatable bonds is 7. The van der Waals surface area contributed by atoms with Crippen LogP contribution in [0.3, 0.4) is 0 Å². The molecule has 0 saturated carbocycles. The highest BCUT2D eigenvalue weighted by atomic mass is 16.4. The van der Waals surface area contributed by atoms with E-state index in [4.69, 9.17) is 10.8 Å². The van der Waals surface area contributed by atoms with E-state index >= 15 is 0 Å². The molecule has 0 aromatic heterocycles. The minimum Gasteiger partial charge on any atom is -0.480 e. The number of benzene rings is 2. The molecule has 2 aromatic rings. The summed E-state index contributed by atoms with van der Waals surface area (Å²) in [4.78, 5) is 10.7. The first-order valence-electron chi connectivity index (χ1n) is 7.18. The van der Waals surface area contributed by atoms with Crippen molar-refractivity contribution in [1.29, 1.82) is 0 Å². The number of nitrogens with two attached hydrogens (primary N) is 1. The van der Waals surface area contributed by atoms with Crippen molar-refractivity contribution in [2.75, 3.05) is 11.9 Å². The molecule has 114 valence electrons. The Bertz CT molecular complexity index is 621. The Kier molecular flexibility index (Phi) is 5.74. The molecular formula is C18H20N2O2. The third kappa shape index (κ3) is 5.07. The minimum absolute atomic E-state index is 0.337. The molecule has 0 amide bonds. The highest BCUT2D eigenvalue weighted by Crippen LogP contribution is 2.11. The first kappa shape index (κ1) is 15.8. The van der Waals surface area contributed by atoms with Gasteiger partial charge in [-0.3, -0.25) is 4.79 Å². The second kappa shape index (κ2) is 8.00. The van der Waals surface area contributed by atoms with Crippen LogP contribution in [0.15, 0.2) is 60.7 Å². The Hall–Kier alpha value is -2.59. The van der Waals surface area contributed by atoms with Gasteiger partial charge in [-0.1, -0.05) is 54.6 Å². The van der Waals surface area contributed by atoms with Crippen LogP contribution in [0.25, 0.3) is 6.08 Å². The quantitative estimate of drug-likeness (QED) is 0.734. The summed E-state index contributed by atoms with van der Waals surface area (Å²) in [5.41, 5.74) is 8.59. The van der Waals surface area contributed by atoms with E-state index in [1.54, 1.807) is 0 Å². The standard InChI is InChI=1S/C18H20N2O2/c19-17(18(21)22)13-15-8-10-16(11-9-15)20-12-4-7-14-5-2-1-3-6-14/h1-11,17,20H,12-13,19H2,(H,21,22)/t17-/m0/s1. The molecule has 4 N–H and O–H groups in total. The number of hydrogen-bond acceptors (Lipinski definition) is 3. The van der Waals surface area contributed by atoms with Crippen LogP contribution in [0.4, 0.5) is 5.69 Å². The van der Waals surface area contributed by atoms with Crippen LogP contribution in [0, 0.1) is 0 Å². The molecule has 0 fully saturated rings. The molecule has 4 nitrogen and oxygen atoms in total. The van der Waals surface area contributed by atoms with Gasteiger partial charge in [-0.25, -0.2) is 0 Å². The maximum absolute atomic E-state index is 10.7. The highest BCUT2D eigenvalue weighted by Gasteiger charge is 2.11. The zero-order valence-electron chi connectivity index (χ0n) is 12.3. The predicted molar refractivity (Wildman–Crippen MR) is 89.7 cm³/mol. The van der Waals surface area contributed by atoms with E-state index in [9.17, 15) is 4.79 Å². The van der Waals surface area contributed by atoms with Crippen molar-refractivity contribution >= 4 is 17.7 Å². The van der Waals surface area contributed by atoms with Crippen molar-refractivity contribution in [2.24, 2.45) is 5.73 Å². The van der Waals surface area contributed by atoms with Gasteiger partial charge in [0.1, 0.15) is 6.04 Å². The average Bonchev–Trinajstić information content (AvgIpc) is 2.54. The number of anilines is 1. The van der Waals surface area contributed by atoms with E-state index < -0.39 is 12.0 Å². The Labute approximate surface area is 130 Å². The Morgan fingerprint density at radius 1 is 1.14 bits per heavy atom. The van der Waals surface area contributed by atoms with Gasteiger partial charge in [-0.05, 0) is 29.7 Å². The van der Waals surface area contributed by atoms with E-state index in [0.29, 0.717) is 6.42 Å². The summed E-state index contributed by atoms with van der Waals surface area (Å²) in [6.45, 7) is 0.725. The Morgan fingerprint density at radius 3 is 2.45 bits per heavy atom. The summed E-state index contributed by atoms with van der Waals surface area (Å²) in [6, 6.07) is 16.9. The van der Waals surface area contributed by atoms with Gasteiger partial charge < -0.3 is 16.2 Å². The van der Waals surface area contributed by atoms with Crippen LogP contribution >= 0.6 is 0 Å². The zero-order chi connectivity index (χ0) is 15.8. The number of carboxylic acids is 1. The summed E-state index contributed by atoms with van der Waals surface area (Å²) in [7, 11) is 0. The fraction of sp³-hybridized carbons (Fsp3) is 0.167. The lowest BCUT2D eigenvalue weighted by molar-refractivity contribution is -0.138. The van der Waals surface area contributed by atoms with Gasteiger partial charge in [0, 0.05) is 12.2 Å². The number of aliphatic carboxylic acids is 1. The van der Waals surface area contributed by atoms with E-state index in [2.05, 4.69) is 29.6 Å². The van der Waals surface area contributed by atoms with Gasteiger partial charge in [0.2, 0.25) is 0 Å². The number of hydrogen-bond donors (Lipinski definition) is 3. The van der Waals surface area contributed by atoms with Gasteiger partial charge in [0.05, 0.1) is 0 Å². The van der Waals surface area contributed by atoms with Crippen LogP contribution in [0.1, 0.15) is 11.1 Å². The van der Waals surface area contributed by atoms with E-state index in [1.807, 2.05) is 42.5 Å². The van der Waals surface area contributed by atoms with Crippen LogP contribution < -0.4 is 11.1 Å². The number of nitrogens with one attached hydrogen (secondary N) is 1. The number of carbonyl (C=O) groups is 1. The van der Waals surface area contributed by atoms with Crippen molar-refractivity contribution in [2.45, 2.75) is 12.5 Å². The van der Waals surface area contributed by atoms with Crippen LogP contribution in [-0.4, -0.2) is 23.7 Å². The molecule has 0 saturated heterocycles. The lowest BCUT2D eigenvalue weighted by Gasteiger charge is -2.08. The van der Waals surface area contributed by atoms with Crippen molar-refractivity contribution in [3.63, 3.8) is 0 Å². The average molecular weight is 296 g/mol. The van der Waals surface area contributed by atoms with Gasteiger partial charge >= 0.3 is 5.97 Å². The molecule has 0 unspecified atom stereocenters. The lowest BCUT2D eigenvalue weighted by atomic mass is 10.1. The monoisotopic (exact) mass is 296 g/mol. The Morgan fingerprint density at radius 2 is 1.82 bits per heavy atom. The highest BCUT2D eigenvalue weighted by molar-refractivity contribution is 5.73.